The molecule has 0 fully saturated rings. The minimum atomic E-state index is -0.171. The van der Waals surface area contributed by atoms with Crippen molar-refractivity contribution in [2.24, 2.45) is 5.92 Å². The monoisotopic (exact) mass is 357 g/mol. The van der Waals surface area contributed by atoms with Crippen molar-refractivity contribution in [2.75, 3.05) is 14.2 Å². The van der Waals surface area contributed by atoms with Crippen LogP contribution in [0.3, 0.4) is 0 Å². The SMILES string of the molecule is COc1ccc(CN(C)C(=O)N[C@H](CC(C)C)c2cccnc2)cc1O. The summed E-state index contributed by atoms with van der Waals surface area (Å²) in [5, 5.41) is 13.0. The van der Waals surface area contributed by atoms with E-state index in [1.54, 1.807) is 36.5 Å². The molecule has 2 rings (SSSR count). The van der Waals surface area contributed by atoms with Gasteiger partial charge in [0, 0.05) is 26.0 Å². The van der Waals surface area contributed by atoms with Crippen molar-refractivity contribution in [1.29, 1.82) is 0 Å². The Morgan fingerprint density at radius 2 is 2.12 bits per heavy atom. The van der Waals surface area contributed by atoms with Gasteiger partial charge in [-0.3, -0.25) is 4.98 Å². The molecule has 26 heavy (non-hydrogen) atoms. The summed E-state index contributed by atoms with van der Waals surface area (Å²) < 4.78 is 5.04. The smallest absolute Gasteiger partial charge is 0.317 e. The number of hydrogen-bond donors (Lipinski definition) is 2. The first-order chi connectivity index (χ1) is 12.4. The predicted octanol–water partition coefficient (Wildman–Crippen LogP) is 3.72. The van der Waals surface area contributed by atoms with Gasteiger partial charge in [0.1, 0.15) is 0 Å². The fourth-order valence-electron chi connectivity index (χ4n) is 2.77. The Labute approximate surface area is 154 Å². The van der Waals surface area contributed by atoms with Gasteiger partial charge in [-0.05, 0) is 41.7 Å². The fourth-order valence-corrected chi connectivity index (χ4v) is 2.77. The van der Waals surface area contributed by atoms with E-state index in [1.165, 1.54) is 7.11 Å². The van der Waals surface area contributed by atoms with Crippen LogP contribution in [0.15, 0.2) is 42.7 Å². The summed E-state index contributed by atoms with van der Waals surface area (Å²) in [7, 11) is 3.23. The third kappa shape index (κ3) is 5.37. The van der Waals surface area contributed by atoms with Crippen LogP contribution in [0, 0.1) is 5.92 Å². The summed E-state index contributed by atoms with van der Waals surface area (Å²) in [6.45, 7) is 4.63. The lowest BCUT2D eigenvalue weighted by Crippen LogP contribution is -2.39. The Kier molecular flexibility index (Phi) is 6.83. The number of aromatic nitrogens is 1. The van der Waals surface area contributed by atoms with Crippen LogP contribution >= 0.6 is 0 Å². The predicted molar refractivity (Wildman–Crippen MR) is 101 cm³/mol. The number of phenols is 1. The molecule has 0 spiro atoms. The van der Waals surface area contributed by atoms with Crippen LogP contribution in [0.4, 0.5) is 4.79 Å². The van der Waals surface area contributed by atoms with E-state index in [0.717, 1.165) is 17.5 Å². The van der Waals surface area contributed by atoms with E-state index in [2.05, 4.69) is 24.1 Å². The molecule has 6 heteroatoms. The van der Waals surface area contributed by atoms with E-state index in [-0.39, 0.29) is 17.8 Å². The Morgan fingerprint density at radius 1 is 1.35 bits per heavy atom. The van der Waals surface area contributed by atoms with Crippen molar-refractivity contribution >= 4 is 6.03 Å². The number of pyridine rings is 1. The van der Waals surface area contributed by atoms with Gasteiger partial charge in [0.2, 0.25) is 0 Å². The molecule has 2 N–H and O–H groups in total. The lowest BCUT2D eigenvalue weighted by Gasteiger charge is -2.25. The number of aromatic hydroxyl groups is 1. The first kappa shape index (κ1) is 19.6. The van der Waals surface area contributed by atoms with Crippen molar-refractivity contribution in [1.82, 2.24) is 15.2 Å². The zero-order chi connectivity index (χ0) is 19.1. The van der Waals surface area contributed by atoms with Crippen LogP contribution < -0.4 is 10.1 Å². The number of benzene rings is 1. The third-order valence-corrected chi connectivity index (χ3v) is 4.10. The molecule has 0 aliphatic carbocycles. The highest BCUT2D eigenvalue weighted by Crippen LogP contribution is 2.27. The molecule has 140 valence electrons. The highest BCUT2D eigenvalue weighted by Gasteiger charge is 2.19. The zero-order valence-electron chi connectivity index (χ0n) is 15.8. The third-order valence-electron chi connectivity index (χ3n) is 4.10. The van der Waals surface area contributed by atoms with Crippen molar-refractivity contribution in [3.05, 3.63) is 53.9 Å². The second-order valence-electron chi connectivity index (χ2n) is 6.78. The summed E-state index contributed by atoms with van der Waals surface area (Å²) in [5.41, 5.74) is 1.81. The number of ether oxygens (including phenoxy) is 1. The van der Waals surface area contributed by atoms with E-state index < -0.39 is 0 Å². The second kappa shape index (κ2) is 9.08. The number of carbonyl (C=O) groups excluding carboxylic acids is 1. The second-order valence-corrected chi connectivity index (χ2v) is 6.78. The maximum absolute atomic E-state index is 12.6. The van der Waals surface area contributed by atoms with E-state index in [1.807, 2.05) is 18.2 Å². The molecule has 2 aromatic rings. The van der Waals surface area contributed by atoms with Gasteiger partial charge in [0.25, 0.3) is 0 Å². The van der Waals surface area contributed by atoms with Crippen LogP contribution in [-0.2, 0) is 6.54 Å². The van der Waals surface area contributed by atoms with Gasteiger partial charge >= 0.3 is 6.03 Å². The average molecular weight is 357 g/mol. The minimum absolute atomic E-state index is 0.0619. The number of carbonyl (C=O) groups is 1. The number of phenolic OH excluding ortho intramolecular Hbond substituents is 1. The minimum Gasteiger partial charge on any atom is -0.504 e. The molecule has 1 atom stereocenters. The van der Waals surface area contributed by atoms with Gasteiger partial charge in [0.15, 0.2) is 11.5 Å². The standard InChI is InChI=1S/C20H27N3O3/c1-14(2)10-17(16-6-5-9-21-12-16)22-20(25)23(3)13-15-7-8-19(26-4)18(24)11-15/h5-9,11-12,14,17,24H,10,13H2,1-4H3,(H,22,25)/t17-/m1/s1. The van der Waals surface area contributed by atoms with E-state index in [4.69, 9.17) is 4.74 Å². The number of rotatable bonds is 7. The number of methoxy groups -OCH3 is 1. The van der Waals surface area contributed by atoms with Crippen LogP contribution in [0.25, 0.3) is 0 Å². The molecule has 0 aliphatic rings. The molecule has 0 saturated carbocycles. The molecule has 1 aromatic heterocycles. The van der Waals surface area contributed by atoms with E-state index in [9.17, 15) is 9.90 Å². The molecule has 0 unspecified atom stereocenters. The zero-order valence-corrected chi connectivity index (χ0v) is 15.8. The fraction of sp³-hybridized carbons (Fsp3) is 0.400. The van der Waals surface area contributed by atoms with Gasteiger partial charge in [-0.2, -0.15) is 0 Å². The van der Waals surface area contributed by atoms with E-state index >= 15 is 0 Å². The van der Waals surface area contributed by atoms with Gasteiger partial charge in [-0.15, -0.1) is 0 Å². The normalized spacial score (nSPS) is 11.9. The largest absolute Gasteiger partial charge is 0.504 e. The Balaban J connectivity index is 2.04. The van der Waals surface area contributed by atoms with E-state index in [0.29, 0.717) is 18.2 Å². The highest BCUT2D eigenvalue weighted by molar-refractivity contribution is 5.74. The first-order valence-electron chi connectivity index (χ1n) is 8.68. The molecular weight excluding hydrogens is 330 g/mol. The van der Waals surface area contributed by atoms with Gasteiger partial charge in [0.05, 0.1) is 13.2 Å². The van der Waals surface area contributed by atoms with Crippen molar-refractivity contribution in [3.8, 4) is 11.5 Å². The Hall–Kier alpha value is -2.76. The first-order valence-corrected chi connectivity index (χ1v) is 8.68. The summed E-state index contributed by atoms with van der Waals surface area (Å²) in [4.78, 5) is 18.4. The van der Waals surface area contributed by atoms with Crippen molar-refractivity contribution in [3.63, 3.8) is 0 Å². The molecular formula is C20H27N3O3. The Morgan fingerprint density at radius 3 is 2.69 bits per heavy atom. The quantitative estimate of drug-likeness (QED) is 0.792. The molecule has 1 heterocycles. The summed E-state index contributed by atoms with van der Waals surface area (Å²) in [6.07, 6.45) is 4.34. The highest BCUT2D eigenvalue weighted by atomic mass is 16.5. The maximum atomic E-state index is 12.6. The molecule has 1 aromatic carbocycles. The average Bonchev–Trinajstić information content (AvgIpc) is 2.61. The molecule has 0 aliphatic heterocycles. The lowest BCUT2D eigenvalue weighted by atomic mass is 9.98. The topological polar surface area (TPSA) is 74.7 Å². The molecule has 0 saturated heterocycles. The van der Waals surface area contributed by atoms with Crippen LogP contribution in [0.5, 0.6) is 11.5 Å². The molecule has 2 amide bonds. The number of urea groups is 1. The Bertz CT molecular complexity index is 719. The number of hydrogen-bond acceptors (Lipinski definition) is 4. The van der Waals surface area contributed by atoms with Gasteiger partial charge in [-0.25, -0.2) is 4.79 Å². The van der Waals surface area contributed by atoms with Crippen molar-refractivity contribution in [2.45, 2.75) is 32.9 Å². The van der Waals surface area contributed by atoms with Crippen LogP contribution in [0.2, 0.25) is 0 Å². The number of nitrogens with one attached hydrogen (secondary N) is 1. The van der Waals surface area contributed by atoms with Crippen molar-refractivity contribution < 1.29 is 14.6 Å². The lowest BCUT2D eigenvalue weighted by molar-refractivity contribution is 0.200. The number of nitrogens with zero attached hydrogens (tertiary/aromatic N) is 2. The summed E-state index contributed by atoms with van der Waals surface area (Å²) in [5.74, 6) is 0.908. The maximum Gasteiger partial charge on any atom is 0.317 e. The van der Waals surface area contributed by atoms with Crippen LogP contribution in [0.1, 0.15) is 37.4 Å². The molecule has 0 bridgehead atoms. The summed E-state index contributed by atoms with van der Waals surface area (Å²) in [6, 6.07) is 8.70. The summed E-state index contributed by atoms with van der Waals surface area (Å²) >= 11 is 0. The molecule has 0 radical (unpaired) electrons. The molecule has 6 nitrogen and oxygen atoms in total. The van der Waals surface area contributed by atoms with Gasteiger partial charge in [-0.1, -0.05) is 26.0 Å². The van der Waals surface area contributed by atoms with Gasteiger partial charge < -0.3 is 20.1 Å². The number of amides is 2. The van der Waals surface area contributed by atoms with Crippen LogP contribution in [-0.4, -0.2) is 35.2 Å².